The Kier molecular flexibility index (Phi) is 6.03. The van der Waals surface area contributed by atoms with Crippen molar-refractivity contribution in [1.29, 1.82) is 0 Å². The van der Waals surface area contributed by atoms with Gasteiger partial charge in [0.05, 0.1) is 12.1 Å². The summed E-state index contributed by atoms with van der Waals surface area (Å²) in [5.41, 5.74) is 4.38. The molecule has 0 amide bonds. The number of halogens is 1. The largest absolute Gasteiger partial charge is 0.493 e. The minimum Gasteiger partial charge on any atom is -0.493 e. The van der Waals surface area contributed by atoms with Gasteiger partial charge in [-0.15, -0.1) is 0 Å². The second-order valence-electron chi connectivity index (χ2n) is 6.11. The molecule has 0 spiro atoms. The highest BCUT2D eigenvalue weighted by Crippen LogP contribution is 2.37. The molecule has 0 saturated heterocycles. The van der Waals surface area contributed by atoms with Gasteiger partial charge in [-0.2, -0.15) is 0 Å². The topological polar surface area (TPSA) is 30.5 Å². The van der Waals surface area contributed by atoms with E-state index >= 15 is 0 Å². The van der Waals surface area contributed by atoms with Crippen LogP contribution in [0.1, 0.15) is 16.7 Å². The highest BCUT2D eigenvalue weighted by atomic mass is 35.5. The Bertz CT molecular complexity index is 865. The van der Waals surface area contributed by atoms with Crippen molar-refractivity contribution in [2.45, 2.75) is 20.1 Å². The van der Waals surface area contributed by atoms with Gasteiger partial charge in [-0.05, 0) is 42.3 Å². The molecule has 0 fully saturated rings. The number of hydrogen-bond donors (Lipinski definition) is 1. The quantitative estimate of drug-likeness (QED) is 0.568. The van der Waals surface area contributed by atoms with Crippen LogP contribution in [-0.4, -0.2) is 7.11 Å². The zero-order chi connectivity index (χ0) is 18.4. The van der Waals surface area contributed by atoms with Crippen LogP contribution >= 0.6 is 11.6 Å². The van der Waals surface area contributed by atoms with Crippen molar-refractivity contribution in [2.75, 3.05) is 12.4 Å². The van der Waals surface area contributed by atoms with Gasteiger partial charge in [-0.3, -0.25) is 0 Å². The zero-order valence-corrected chi connectivity index (χ0v) is 15.7. The molecule has 0 aromatic heterocycles. The van der Waals surface area contributed by atoms with Crippen molar-refractivity contribution >= 4 is 17.3 Å². The summed E-state index contributed by atoms with van der Waals surface area (Å²) < 4.78 is 11.4. The second-order valence-corrected chi connectivity index (χ2v) is 6.51. The molecule has 0 radical (unpaired) electrons. The molecule has 3 aromatic carbocycles. The van der Waals surface area contributed by atoms with E-state index in [1.165, 1.54) is 5.56 Å². The van der Waals surface area contributed by atoms with Crippen molar-refractivity contribution in [2.24, 2.45) is 0 Å². The Hall–Kier alpha value is -2.65. The van der Waals surface area contributed by atoms with Gasteiger partial charge in [0.1, 0.15) is 6.61 Å². The lowest BCUT2D eigenvalue weighted by atomic mass is 10.1. The normalized spacial score (nSPS) is 10.4. The lowest BCUT2D eigenvalue weighted by Crippen LogP contribution is -2.02. The molecule has 0 unspecified atom stereocenters. The molecule has 1 N–H and O–H groups in total. The predicted octanol–water partition coefficient (Wildman–Crippen LogP) is 5.85. The van der Waals surface area contributed by atoms with E-state index in [1.54, 1.807) is 7.11 Å². The smallest absolute Gasteiger partial charge is 0.180 e. The highest BCUT2D eigenvalue weighted by Gasteiger charge is 2.12. The molecule has 3 nitrogen and oxygen atoms in total. The van der Waals surface area contributed by atoms with Crippen LogP contribution in [0.2, 0.25) is 5.02 Å². The average Bonchev–Trinajstić information content (AvgIpc) is 2.66. The summed E-state index contributed by atoms with van der Waals surface area (Å²) >= 11 is 6.46. The van der Waals surface area contributed by atoms with Gasteiger partial charge >= 0.3 is 0 Å². The van der Waals surface area contributed by atoms with E-state index in [2.05, 4.69) is 24.4 Å². The molecule has 4 heteroatoms. The molecule has 0 aliphatic heterocycles. The van der Waals surface area contributed by atoms with E-state index in [1.807, 2.05) is 54.6 Å². The first-order chi connectivity index (χ1) is 12.7. The molecular weight excluding hydrogens is 346 g/mol. The Morgan fingerprint density at radius 2 is 1.73 bits per heavy atom. The fourth-order valence-corrected chi connectivity index (χ4v) is 3.02. The van der Waals surface area contributed by atoms with Gasteiger partial charge in [0.15, 0.2) is 11.5 Å². The number of anilines is 1. The van der Waals surface area contributed by atoms with Crippen LogP contribution in [0.15, 0.2) is 66.7 Å². The molecule has 0 saturated carbocycles. The zero-order valence-electron chi connectivity index (χ0n) is 15.0. The number of hydrogen-bond acceptors (Lipinski definition) is 3. The first kappa shape index (κ1) is 18.2. The molecule has 0 heterocycles. The molecule has 0 aliphatic carbocycles. The van der Waals surface area contributed by atoms with Crippen molar-refractivity contribution in [3.63, 3.8) is 0 Å². The summed E-state index contributed by atoms with van der Waals surface area (Å²) in [4.78, 5) is 0. The fraction of sp³-hybridized carbons (Fsp3) is 0.182. The van der Waals surface area contributed by atoms with Crippen LogP contribution in [0, 0.1) is 6.92 Å². The van der Waals surface area contributed by atoms with Crippen LogP contribution in [0.25, 0.3) is 0 Å². The number of nitrogens with one attached hydrogen (secondary N) is 1. The van der Waals surface area contributed by atoms with E-state index in [0.29, 0.717) is 29.7 Å². The summed E-state index contributed by atoms with van der Waals surface area (Å²) in [5, 5.41) is 3.91. The molecule has 134 valence electrons. The number of rotatable bonds is 7. The average molecular weight is 368 g/mol. The van der Waals surface area contributed by atoms with E-state index in [0.717, 1.165) is 16.8 Å². The molecule has 26 heavy (non-hydrogen) atoms. The maximum Gasteiger partial charge on any atom is 0.180 e. The van der Waals surface area contributed by atoms with Crippen molar-refractivity contribution < 1.29 is 9.47 Å². The lowest BCUT2D eigenvalue weighted by molar-refractivity contribution is 0.284. The second kappa shape index (κ2) is 8.63. The van der Waals surface area contributed by atoms with Gasteiger partial charge in [0.2, 0.25) is 0 Å². The third-order valence-corrected chi connectivity index (χ3v) is 4.31. The molecule has 0 bridgehead atoms. The van der Waals surface area contributed by atoms with Crippen LogP contribution in [0.4, 0.5) is 5.69 Å². The third kappa shape index (κ3) is 4.70. The van der Waals surface area contributed by atoms with E-state index in [4.69, 9.17) is 21.1 Å². The SMILES string of the molecule is COc1cc(CNc2ccccc2)cc(Cl)c1OCc1cccc(C)c1. The summed E-state index contributed by atoms with van der Waals surface area (Å²) in [6.45, 7) is 3.16. The molecule has 0 aliphatic rings. The monoisotopic (exact) mass is 367 g/mol. The fourth-order valence-electron chi connectivity index (χ4n) is 2.73. The number of para-hydroxylation sites is 1. The summed E-state index contributed by atoms with van der Waals surface area (Å²) in [7, 11) is 1.62. The number of aryl methyl sites for hydroxylation is 1. The van der Waals surface area contributed by atoms with Gasteiger partial charge < -0.3 is 14.8 Å². The van der Waals surface area contributed by atoms with Crippen molar-refractivity contribution in [1.82, 2.24) is 0 Å². The lowest BCUT2D eigenvalue weighted by Gasteiger charge is -2.15. The Morgan fingerprint density at radius 1 is 0.923 bits per heavy atom. The first-order valence-electron chi connectivity index (χ1n) is 8.49. The van der Waals surface area contributed by atoms with E-state index in [-0.39, 0.29) is 0 Å². The maximum absolute atomic E-state index is 6.46. The van der Waals surface area contributed by atoms with Gasteiger partial charge in [-0.1, -0.05) is 59.6 Å². The van der Waals surface area contributed by atoms with Crippen LogP contribution in [0.3, 0.4) is 0 Å². The minimum atomic E-state index is 0.444. The van der Waals surface area contributed by atoms with Crippen molar-refractivity contribution in [3.05, 3.63) is 88.4 Å². The molecule has 3 aromatic rings. The first-order valence-corrected chi connectivity index (χ1v) is 8.87. The third-order valence-electron chi connectivity index (χ3n) is 4.03. The summed E-state index contributed by atoms with van der Waals surface area (Å²) in [5.74, 6) is 1.20. The molecule has 0 atom stereocenters. The Labute approximate surface area is 159 Å². The van der Waals surface area contributed by atoms with Crippen molar-refractivity contribution in [3.8, 4) is 11.5 Å². The van der Waals surface area contributed by atoms with Crippen LogP contribution < -0.4 is 14.8 Å². The molecular formula is C22H22ClNO2. The number of ether oxygens (including phenoxy) is 2. The number of benzene rings is 3. The van der Waals surface area contributed by atoms with Gasteiger partial charge in [0, 0.05) is 12.2 Å². The van der Waals surface area contributed by atoms with Crippen LogP contribution in [-0.2, 0) is 13.2 Å². The van der Waals surface area contributed by atoms with Crippen LogP contribution in [0.5, 0.6) is 11.5 Å². The van der Waals surface area contributed by atoms with Gasteiger partial charge in [0.25, 0.3) is 0 Å². The predicted molar refractivity (Wildman–Crippen MR) is 107 cm³/mol. The van der Waals surface area contributed by atoms with E-state index < -0.39 is 0 Å². The van der Waals surface area contributed by atoms with Gasteiger partial charge in [-0.25, -0.2) is 0 Å². The van der Waals surface area contributed by atoms with E-state index in [9.17, 15) is 0 Å². The maximum atomic E-state index is 6.46. The Morgan fingerprint density at radius 3 is 2.46 bits per heavy atom. The highest BCUT2D eigenvalue weighted by molar-refractivity contribution is 6.32. The molecule has 3 rings (SSSR count). The number of methoxy groups -OCH3 is 1. The standard InChI is InChI=1S/C22H22ClNO2/c1-16-7-6-8-17(11-16)15-26-22-20(23)12-18(13-21(22)25-2)14-24-19-9-4-3-5-10-19/h3-13,24H,14-15H2,1-2H3. The summed E-state index contributed by atoms with van der Waals surface area (Å²) in [6.07, 6.45) is 0. The minimum absolute atomic E-state index is 0.444. The Balaban J connectivity index is 1.72. The summed E-state index contributed by atoms with van der Waals surface area (Å²) in [6, 6.07) is 22.1.